The number of para-hydroxylation sites is 1. The predicted molar refractivity (Wildman–Crippen MR) is 111 cm³/mol. The first kappa shape index (κ1) is 18.4. The van der Waals surface area contributed by atoms with Crippen LogP contribution in [0.3, 0.4) is 0 Å². The summed E-state index contributed by atoms with van der Waals surface area (Å²) in [6, 6.07) is 16.9. The van der Waals surface area contributed by atoms with E-state index in [1.807, 2.05) is 59.5 Å². The van der Waals surface area contributed by atoms with Gasteiger partial charge in [0.1, 0.15) is 0 Å². The van der Waals surface area contributed by atoms with Crippen LogP contribution in [0, 0.1) is 5.92 Å². The van der Waals surface area contributed by atoms with Gasteiger partial charge in [0.05, 0.1) is 18.7 Å². The zero-order valence-corrected chi connectivity index (χ0v) is 16.4. The summed E-state index contributed by atoms with van der Waals surface area (Å²) in [4.78, 5) is 30.2. The van der Waals surface area contributed by atoms with E-state index in [4.69, 9.17) is 0 Å². The Labute approximate surface area is 170 Å². The van der Waals surface area contributed by atoms with Crippen LogP contribution in [0.4, 0.5) is 5.69 Å². The highest BCUT2D eigenvalue weighted by Crippen LogP contribution is 2.49. The van der Waals surface area contributed by atoms with Gasteiger partial charge in [-0.3, -0.25) is 9.59 Å². The molecule has 2 aromatic rings. The normalized spacial score (nSPS) is 25.9. The lowest BCUT2D eigenvalue weighted by molar-refractivity contribution is -0.123. The number of aliphatic hydroxyl groups excluding tert-OH is 1. The molecule has 0 bridgehead atoms. The predicted octanol–water partition coefficient (Wildman–Crippen LogP) is 3.19. The Hall–Kier alpha value is -2.66. The fourth-order valence-corrected chi connectivity index (χ4v) is 5.50. The molecule has 3 atom stereocenters. The van der Waals surface area contributed by atoms with Gasteiger partial charge in [-0.1, -0.05) is 49.2 Å². The Morgan fingerprint density at radius 3 is 2.38 bits per heavy atom. The Bertz CT molecular complexity index is 923. The number of fused-ring (bicyclic) bond motifs is 3. The fourth-order valence-electron chi connectivity index (χ4n) is 5.50. The average Bonchev–Trinajstić information content (AvgIpc) is 3.29. The summed E-state index contributed by atoms with van der Waals surface area (Å²) in [5, 5.41) is 10.1. The van der Waals surface area contributed by atoms with E-state index >= 15 is 0 Å². The molecule has 29 heavy (non-hydrogen) atoms. The average molecular weight is 390 g/mol. The molecular weight excluding hydrogens is 364 g/mol. The maximum Gasteiger partial charge on any atom is 0.254 e. The van der Waals surface area contributed by atoms with Crippen LogP contribution in [0.5, 0.6) is 0 Å². The molecule has 2 fully saturated rings. The van der Waals surface area contributed by atoms with Gasteiger partial charge in [0.25, 0.3) is 5.91 Å². The van der Waals surface area contributed by atoms with Crippen LogP contribution < -0.4 is 4.90 Å². The molecule has 0 unspecified atom stereocenters. The summed E-state index contributed by atoms with van der Waals surface area (Å²) in [6.45, 7) is 0.427. The molecule has 1 saturated carbocycles. The van der Waals surface area contributed by atoms with E-state index in [9.17, 15) is 14.7 Å². The number of aliphatic hydroxyl groups is 1. The Balaban J connectivity index is 1.50. The lowest BCUT2D eigenvalue weighted by Crippen LogP contribution is -2.71. The number of amides is 2. The maximum atomic E-state index is 13.3. The molecule has 1 aliphatic carbocycles. The van der Waals surface area contributed by atoms with Crippen LogP contribution in [0.1, 0.15) is 47.5 Å². The van der Waals surface area contributed by atoms with Crippen molar-refractivity contribution in [2.45, 2.75) is 43.7 Å². The summed E-state index contributed by atoms with van der Waals surface area (Å²) in [5.41, 5.74) is 2.65. The zero-order chi connectivity index (χ0) is 20.0. The highest BCUT2D eigenvalue weighted by Gasteiger charge is 2.55. The molecule has 0 aromatic heterocycles. The van der Waals surface area contributed by atoms with Crippen LogP contribution in [-0.4, -0.2) is 47.1 Å². The van der Waals surface area contributed by atoms with Crippen molar-refractivity contribution in [1.82, 2.24) is 4.90 Å². The molecule has 0 spiro atoms. The zero-order valence-electron chi connectivity index (χ0n) is 16.4. The van der Waals surface area contributed by atoms with E-state index in [1.165, 1.54) is 0 Å². The third-order valence-corrected chi connectivity index (χ3v) is 6.91. The van der Waals surface area contributed by atoms with Gasteiger partial charge in [0.15, 0.2) is 0 Å². The second-order valence-electron chi connectivity index (χ2n) is 8.41. The number of carbonyl (C=O) groups excluding carboxylic acids is 2. The van der Waals surface area contributed by atoms with E-state index in [0.717, 1.165) is 36.9 Å². The second-order valence-corrected chi connectivity index (χ2v) is 8.41. The first-order valence-electron chi connectivity index (χ1n) is 10.6. The molecule has 150 valence electrons. The number of hydrogen-bond donors (Lipinski definition) is 1. The van der Waals surface area contributed by atoms with Crippen molar-refractivity contribution >= 4 is 17.5 Å². The van der Waals surface area contributed by atoms with Crippen molar-refractivity contribution in [3.63, 3.8) is 0 Å². The highest BCUT2D eigenvalue weighted by molar-refractivity contribution is 5.99. The van der Waals surface area contributed by atoms with Crippen LogP contribution in [0.25, 0.3) is 0 Å². The van der Waals surface area contributed by atoms with E-state index in [1.54, 1.807) is 4.90 Å². The molecule has 2 heterocycles. The molecule has 5 rings (SSSR count). The lowest BCUT2D eigenvalue weighted by Gasteiger charge is -2.59. The van der Waals surface area contributed by atoms with Gasteiger partial charge in [0, 0.05) is 29.6 Å². The van der Waals surface area contributed by atoms with Gasteiger partial charge in [-0.15, -0.1) is 0 Å². The Kier molecular flexibility index (Phi) is 4.63. The molecule has 0 radical (unpaired) electrons. The van der Waals surface area contributed by atoms with Crippen molar-refractivity contribution in [1.29, 1.82) is 0 Å². The van der Waals surface area contributed by atoms with Gasteiger partial charge < -0.3 is 14.9 Å². The molecule has 2 aromatic carbocycles. The molecule has 1 saturated heterocycles. The van der Waals surface area contributed by atoms with Gasteiger partial charge in [0.2, 0.25) is 5.91 Å². The molecule has 2 amide bonds. The van der Waals surface area contributed by atoms with Crippen molar-refractivity contribution < 1.29 is 14.7 Å². The quantitative estimate of drug-likeness (QED) is 0.876. The standard InChI is InChI=1S/C24H26N2O3/c27-15-21-22-18-12-6-7-13-19(18)25(23(28)16-10-4-5-11-16)14-20(22)26(21)24(29)17-8-2-1-3-9-17/h1-3,6-9,12-13,16,20-22,27H,4-5,10-11,14-15H2/t20-,21-,22+/m0/s1. The summed E-state index contributed by atoms with van der Waals surface area (Å²) in [6.07, 6.45) is 4.14. The summed E-state index contributed by atoms with van der Waals surface area (Å²) in [7, 11) is 0. The number of benzene rings is 2. The smallest absolute Gasteiger partial charge is 0.254 e. The third-order valence-electron chi connectivity index (χ3n) is 6.91. The first-order chi connectivity index (χ1) is 14.2. The van der Waals surface area contributed by atoms with Crippen molar-refractivity contribution in [2.75, 3.05) is 18.1 Å². The fraction of sp³-hybridized carbons (Fsp3) is 0.417. The summed E-state index contributed by atoms with van der Waals surface area (Å²) >= 11 is 0. The number of anilines is 1. The van der Waals surface area contributed by atoms with Gasteiger partial charge >= 0.3 is 0 Å². The van der Waals surface area contributed by atoms with Crippen LogP contribution in [0.15, 0.2) is 54.6 Å². The van der Waals surface area contributed by atoms with Gasteiger partial charge in [-0.2, -0.15) is 0 Å². The SMILES string of the molecule is O=C(C1CCCC1)N1C[C@H]2[C@@H](c3ccccc31)[C@H](CO)N2C(=O)c1ccccc1. The molecule has 5 heteroatoms. The van der Waals surface area contributed by atoms with Gasteiger partial charge in [-0.25, -0.2) is 0 Å². The first-order valence-corrected chi connectivity index (χ1v) is 10.6. The molecule has 3 aliphatic rings. The minimum atomic E-state index is -0.252. The number of carbonyl (C=O) groups is 2. The number of rotatable bonds is 3. The Morgan fingerprint density at radius 2 is 1.66 bits per heavy atom. The summed E-state index contributed by atoms with van der Waals surface area (Å²) < 4.78 is 0. The lowest BCUT2D eigenvalue weighted by atomic mass is 9.71. The minimum Gasteiger partial charge on any atom is -0.394 e. The number of nitrogens with zero attached hydrogens (tertiary/aromatic N) is 2. The minimum absolute atomic E-state index is 0.0662. The molecular formula is C24H26N2O3. The highest BCUT2D eigenvalue weighted by atomic mass is 16.3. The van der Waals surface area contributed by atoms with Crippen molar-refractivity contribution in [2.24, 2.45) is 5.92 Å². The number of likely N-dealkylation sites (tertiary alicyclic amines) is 1. The number of hydrogen-bond acceptors (Lipinski definition) is 3. The molecule has 5 nitrogen and oxygen atoms in total. The monoisotopic (exact) mass is 390 g/mol. The topological polar surface area (TPSA) is 60.9 Å². The van der Waals surface area contributed by atoms with E-state index in [2.05, 4.69) is 0 Å². The van der Waals surface area contributed by atoms with Crippen molar-refractivity contribution in [3.8, 4) is 0 Å². The van der Waals surface area contributed by atoms with Gasteiger partial charge in [-0.05, 0) is 36.6 Å². The van der Waals surface area contributed by atoms with E-state index in [0.29, 0.717) is 12.1 Å². The third kappa shape index (κ3) is 2.87. The van der Waals surface area contributed by atoms with Crippen LogP contribution >= 0.6 is 0 Å². The summed E-state index contributed by atoms with van der Waals surface area (Å²) in [5.74, 6) is 0.273. The van der Waals surface area contributed by atoms with E-state index < -0.39 is 0 Å². The van der Waals surface area contributed by atoms with Crippen LogP contribution in [-0.2, 0) is 4.79 Å². The van der Waals surface area contributed by atoms with E-state index in [-0.39, 0.29) is 42.3 Å². The second kappa shape index (κ2) is 7.30. The molecule has 2 aliphatic heterocycles. The molecule has 1 N–H and O–H groups in total. The Morgan fingerprint density at radius 1 is 0.966 bits per heavy atom. The van der Waals surface area contributed by atoms with Crippen LogP contribution in [0.2, 0.25) is 0 Å². The van der Waals surface area contributed by atoms with Crippen molar-refractivity contribution in [3.05, 3.63) is 65.7 Å². The maximum absolute atomic E-state index is 13.3. The largest absolute Gasteiger partial charge is 0.394 e.